The van der Waals surface area contributed by atoms with Gasteiger partial charge in [-0.05, 0) is 17.7 Å². The molecule has 0 saturated carbocycles. The van der Waals surface area contributed by atoms with Crippen molar-refractivity contribution in [3.63, 3.8) is 0 Å². The van der Waals surface area contributed by atoms with Crippen LogP contribution in [-0.2, 0) is 14.3 Å². The molecule has 0 N–H and O–H groups in total. The fraction of sp³-hybridized carbons (Fsp3) is 0.333. The van der Waals surface area contributed by atoms with Crippen LogP contribution in [0.3, 0.4) is 0 Å². The summed E-state index contributed by atoms with van der Waals surface area (Å²) < 4.78 is 25.1. The first-order valence-corrected chi connectivity index (χ1v) is 7.63. The molecule has 0 spiro atoms. The first kappa shape index (κ1) is 15.3. The summed E-state index contributed by atoms with van der Waals surface area (Å²) in [6.45, 7) is 0. The Morgan fingerprint density at radius 3 is 2.00 bits per heavy atom. The molecule has 1 rings (SSSR count). The number of alkyl halides is 3. The fourth-order valence-corrected chi connectivity index (χ4v) is 2.51. The Kier molecular flexibility index (Phi) is 4.97. The number of hydrogen-bond acceptors (Lipinski definition) is 3. The van der Waals surface area contributed by atoms with E-state index in [1.807, 2.05) is 0 Å². The molecule has 0 bridgehead atoms. The highest BCUT2D eigenvalue weighted by Crippen LogP contribution is 2.43. The largest absolute Gasteiger partial charge is 0.265 e. The monoisotopic (exact) mass is 336 g/mol. The summed E-state index contributed by atoms with van der Waals surface area (Å²) in [6.07, 6.45) is -0.341. The number of halogens is 4. The average molecular weight is 338 g/mol. The van der Waals surface area contributed by atoms with Crippen molar-refractivity contribution in [3.05, 3.63) is 34.9 Å². The van der Waals surface area contributed by atoms with Crippen LogP contribution in [0.2, 0.25) is 5.02 Å². The van der Waals surface area contributed by atoms with Crippen LogP contribution >= 0.6 is 46.4 Å². The van der Waals surface area contributed by atoms with E-state index in [1.165, 1.54) is 12.1 Å². The van der Waals surface area contributed by atoms with E-state index < -0.39 is 20.0 Å². The summed E-state index contributed by atoms with van der Waals surface area (Å²) in [5.74, 6) is 0. The van der Waals surface area contributed by atoms with Crippen LogP contribution in [0.5, 0.6) is 0 Å². The lowest BCUT2D eigenvalue weighted by atomic mass is 10.1. The molecule has 0 amide bonds. The lowest BCUT2D eigenvalue weighted by Gasteiger charge is -2.23. The Morgan fingerprint density at radius 2 is 1.65 bits per heavy atom. The molecule has 96 valence electrons. The van der Waals surface area contributed by atoms with E-state index in [0.717, 1.165) is 6.26 Å². The molecule has 0 heterocycles. The molecular weight excluding hydrogens is 330 g/mol. The van der Waals surface area contributed by atoms with Crippen molar-refractivity contribution in [2.24, 2.45) is 0 Å². The van der Waals surface area contributed by atoms with Gasteiger partial charge in [0.25, 0.3) is 10.1 Å². The van der Waals surface area contributed by atoms with Crippen molar-refractivity contribution < 1.29 is 12.6 Å². The normalized spacial score (nSPS) is 14.6. The van der Waals surface area contributed by atoms with Crippen molar-refractivity contribution in [2.75, 3.05) is 6.26 Å². The molecule has 17 heavy (non-hydrogen) atoms. The van der Waals surface area contributed by atoms with Gasteiger partial charge in [-0.3, -0.25) is 4.18 Å². The van der Waals surface area contributed by atoms with Crippen molar-refractivity contribution >= 4 is 56.5 Å². The molecule has 1 unspecified atom stereocenters. The Bertz CT molecular complexity index is 478. The van der Waals surface area contributed by atoms with E-state index >= 15 is 0 Å². The Labute approximate surface area is 120 Å². The van der Waals surface area contributed by atoms with Gasteiger partial charge in [-0.2, -0.15) is 8.42 Å². The average Bonchev–Trinajstić information content (AvgIpc) is 2.13. The molecule has 8 heteroatoms. The van der Waals surface area contributed by atoms with Gasteiger partial charge >= 0.3 is 0 Å². The SMILES string of the molecule is CS(=O)(=O)OC(c1ccc(Cl)cc1)C(Cl)(Cl)Cl. The van der Waals surface area contributed by atoms with Crippen molar-refractivity contribution in [1.29, 1.82) is 0 Å². The quantitative estimate of drug-likeness (QED) is 0.623. The summed E-state index contributed by atoms with van der Waals surface area (Å²) in [5.41, 5.74) is 0.403. The van der Waals surface area contributed by atoms with Crippen molar-refractivity contribution in [1.82, 2.24) is 0 Å². The van der Waals surface area contributed by atoms with Gasteiger partial charge in [0, 0.05) is 5.02 Å². The predicted octanol–water partition coefficient (Wildman–Crippen LogP) is 3.73. The highest BCUT2D eigenvalue weighted by molar-refractivity contribution is 7.86. The maximum atomic E-state index is 11.1. The van der Waals surface area contributed by atoms with E-state index in [0.29, 0.717) is 10.6 Å². The molecule has 1 aromatic carbocycles. The molecule has 0 saturated heterocycles. The second-order valence-electron chi connectivity index (χ2n) is 3.27. The summed E-state index contributed by atoms with van der Waals surface area (Å²) in [5, 5.41) is 0.483. The van der Waals surface area contributed by atoms with E-state index in [9.17, 15) is 8.42 Å². The summed E-state index contributed by atoms with van der Waals surface area (Å²) in [6, 6.07) is 6.15. The van der Waals surface area contributed by atoms with Crippen molar-refractivity contribution in [3.8, 4) is 0 Å². The Balaban J connectivity index is 3.12. The molecule has 0 aliphatic carbocycles. The zero-order valence-electron chi connectivity index (χ0n) is 8.53. The van der Waals surface area contributed by atoms with Gasteiger partial charge in [0.2, 0.25) is 3.79 Å². The lowest BCUT2D eigenvalue weighted by Crippen LogP contribution is -2.23. The third kappa shape index (κ3) is 5.20. The molecule has 1 atom stereocenters. The summed E-state index contributed by atoms with van der Waals surface area (Å²) >= 11 is 22.8. The maximum absolute atomic E-state index is 11.1. The second-order valence-corrected chi connectivity index (χ2v) is 7.68. The third-order valence-electron chi connectivity index (χ3n) is 1.74. The molecule has 0 aliphatic heterocycles. The van der Waals surface area contributed by atoms with Crippen LogP contribution in [0, 0.1) is 0 Å². The Morgan fingerprint density at radius 1 is 1.18 bits per heavy atom. The molecule has 1 aromatic rings. The highest BCUT2D eigenvalue weighted by Gasteiger charge is 2.37. The van der Waals surface area contributed by atoms with Gasteiger partial charge in [0.05, 0.1) is 6.26 Å². The summed E-state index contributed by atoms with van der Waals surface area (Å²) in [4.78, 5) is 0. The van der Waals surface area contributed by atoms with E-state index in [1.54, 1.807) is 12.1 Å². The minimum absolute atomic E-state index is 0.403. The number of benzene rings is 1. The predicted molar refractivity (Wildman–Crippen MR) is 70.4 cm³/mol. The van der Waals surface area contributed by atoms with Crippen LogP contribution in [0.4, 0.5) is 0 Å². The molecule has 0 aromatic heterocycles. The maximum Gasteiger partial charge on any atom is 0.265 e. The van der Waals surface area contributed by atoms with Crippen LogP contribution in [0.25, 0.3) is 0 Å². The smallest absolute Gasteiger partial charge is 0.258 e. The zero-order chi connectivity index (χ0) is 13.3. The molecule has 0 radical (unpaired) electrons. The first-order chi connectivity index (χ1) is 7.59. The first-order valence-electron chi connectivity index (χ1n) is 4.30. The minimum Gasteiger partial charge on any atom is -0.258 e. The van der Waals surface area contributed by atoms with Gasteiger partial charge in [-0.1, -0.05) is 58.5 Å². The van der Waals surface area contributed by atoms with Gasteiger partial charge in [0.15, 0.2) is 0 Å². The van der Waals surface area contributed by atoms with E-state index in [2.05, 4.69) is 0 Å². The standard InChI is InChI=1S/C9H8Cl4O3S/c1-17(14,15)16-8(9(11,12)13)6-2-4-7(10)5-3-6/h2-5,8H,1H3. The van der Waals surface area contributed by atoms with Crippen LogP contribution in [0.1, 0.15) is 11.7 Å². The summed E-state index contributed by atoms with van der Waals surface area (Å²) in [7, 11) is -3.75. The molecule has 0 aliphatic rings. The molecule has 3 nitrogen and oxygen atoms in total. The van der Waals surface area contributed by atoms with Crippen LogP contribution in [-0.4, -0.2) is 18.5 Å². The molecular formula is C9H8Cl4O3S. The third-order valence-corrected chi connectivity index (χ3v) is 3.13. The molecule has 0 fully saturated rings. The van der Waals surface area contributed by atoms with Gasteiger partial charge < -0.3 is 0 Å². The number of rotatable bonds is 3. The fourth-order valence-electron chi connectivity index (χ4n) is 1.11. The minimum atomic E-state index is -3.75. The highest BCUT2D eigenvalue weighted by atomic mass is 35.6. The van der Waals surface area contributed by atoms with Gasteiger partial charge in [-0.15, -0.1) is 0 Å². The second kappa shape index (κ2) is 5.51. The topological polar surface area (TPSA) is 43.4 Å². The van der Waals surface area contributed by atoms with Crippen molar-refractivity contribution in [2.45, 2.75) is 9.90 Å². The number of hydrogen-bond donors (Lipinski definition) is 0. The van der Waals surface area contributed by atoms with E-state index in [-0.39, 0.29) is 0 Å². The van der Waals surface area contributed by atoms with Crippen LogP contribution < -0.4 is 0 Å². The van der Waals surface area contributed by atoms with Gasteiger partial charge in [0.1, 0.15) is 6.10 Å². The van der Waals surface area contributed by atoms with Gasteiger partial charge in [-0.25, -0.2) is 0 Å². The zero-order valence-corrected chi connectivity index (χ0v) is 12.4. The van der Waals surface area contributed by atoms with E-state index in [4.69, 9.17) is 50.6 Å². The van der Waals surface area contributed by atoms with Crippen LogP contribution in [0.15, 0.2) is 24.3 Å². The Hall–Kier alpha value is 0.290. The lowest BCUT2D eigenvalue weighted by molar-refractivity contribution is 0.220.